The molecule has 0 aliphatic carbocycles. The van der Waals surface area contributed by atoms with E-state index in [2.05, 4.69) is 74.8 Å². The van der Waals surface area contributed by atoms with E-state index >= 15 is 0 Å². The zero-order chi connectivity index (χ0) is 11.4. The lowest BCUT2D eigenvalue weighted by molar-refractivity contribution is -0.00000350. The van der Waals surface area contributed by atoms with Crippen molar-refractivity contribution in [3.05, 3.63) is 66.2 Å². The summed E-state index contributed by atoms with van der Waals surface area (Å²) in [5.74, 6) is 0. The lowest BCUT2D eigenvalue weighted by Gasteiger charge is -2.29. The number of nitrogens with zero attached hydrogens (tertiary/aromatic N) is 1. The molecule has 2 aromatic carbocycles. The van der Waals surface area contributed by atoms with Gasteiger partial charge in [-0.2, -0.15) is 0 Å². The quantitative estimate of drug-likeness (QED) is 0.673. The van der Waals surface area contributed by atoms with Gasteiger partial charge in [-0.15, -0.1) is 0 Å². The van der Waals surface area contributed by atoms with Crippen LogP contribution >= 0.6 is 0 Å². The molecule has 90 valence electrons. The van der Waals surface area contributed by atoms with Gasteiger partial charge in [0, 0.05) is 5.56 Å². The number of hydrogen-bond acceptors (Lipinski definition) is 0. The number of quaternary nitrogens is 1. The Kier molecular flexibility index (Phi) is 4.41. The molecule has 0 heterocycles. The number of hydrogen-bond donors (Lipinski definition) is 0. The molecule has 0 N–H and O–H groups in total. The zero-order valence-corrected chi connectivity index (χ0v) is 10.3. The monoisotopic (exact) mass is 231 g/mol. The molecule has 1 nitrogen and oxygen atoms in total. The van der Waals surface area contributed by atoms with Crippen LogP contribution in [0.25, 0.3) is 0 Å². The fourth-order valence-electron chi connectivity index (χ4n) is 1.96. The van der Waals surface area contributed by atoms with Crippen LogP contribution in [-0.4, -0.2) is 14.1 Å². The smallest absolute Gasteiger partial charge is 0.132 e. The second kappa shape index (κ2) is 5.60. The van der Waals surface area contributed by atoms with E-state index in [9.17, 15) is 0 Å². The minimum atomic E-state index is 0. The van der Waals surface area contributed by atoms with Crippen LogP contribution in [0, 0.1) is 0 Å². The Balaban J connectivity index is 0.00000144. The molecular weight excluding hydrogens is 213 g/mol. The molecule has 0 amide bonds. The van der Waals surface area contributed by atoms with Gasteiger partial charge in [-0.25, -0.2) is 0 Å². The van der Waals surface area contributed by atoms with Gasteiger partial charge in [-0.1, -0.05) is 48.5 Å². The number of rotatable bonds is 3. The van der Waals surface area contributed by atoms with E-state index in [-0.39, 0.29) is 4.70 Å². The van der Waals surface area contributed by atoms with E-state index in [4.69, 9.17) is 0 Å². The van der Waals surface area contributed by atoms with Crippen LogP contribution < -0.4 is 9.19 Å². The first kappa shape index (κ1) is 13.4. The van der Waals surface area contributed by atoms with E-state index in [1.165, 1.54) is 11.3 Å². The highest BCUT2D eigenvalue weighted by molar-refractivity contribution is 5.41. The molecule has 17 heavy (non-hydrogen) atoms. The van der Waals surface area contributed by atoms with Gasteiger partial charge in [0.2, 0.25) is 0 Å². The highest BCUT2D eigenvalue weighted by Gasteiger charge is 2.18. The first-order valence-corrected chi connectivity index (χ1v) is 5.61. The van der Waals surface area contributed by atoms with Crippen LogP contribution in [0.5, 0.6) is 0 Å². The summed E-state index contributed by atoms with van der Waals surface area (Å²) in [6.45, 7) is 1.02. The molecule has 0 aliphatic heterocycles. The first-order valence-electron chi connectivity index (χ1n) is 5.61. The van der Waals surface area contributed by atoms with Gasteiger partial charge in [-0.3, -0.25) is 4.48 Å². The molecule has 0 bridgehead atoms. The van der Waals surface area contributed by atoms with Gasteiger partial charge in [0.25, 0.3) is 0 Å². The molecule has 0 unspecified atom stereocenters. The Morgan fingerprint density at radius 3 is 1.76 bits per heavy atom. The van der Waals surface area contributed by atoms with E-state index in [1.807, 2.05) is 0 Å². The molecule has 0 spiro atoms. The third kappa shape index (κ3) is 3.40. The third-order valence-corrected chi connectivity index (χ3v) is 2.88. The summed E-state index contributed by atoms with van der Waals surface area (Å²) in [6, 6.07) is 21.2. The van der Waals surface area contributed by atoms with Gasteiger partial charge < -0.3 is 4.70 Å². The molecular formula is C15H18FN. The number of halogens is 1. The molecule has 2 aromatic rings. The van der Waals surface area contributed by atoms with Crippen LogP contribution in [0.3, 0.4) is 0 Å². The topological polar surface area (TPSA) is 0 Å². The van der Waals surface area contributed by atoms with Crippen LogP contribution in [0.2, 0.25) is 0 Å². The fraction of sp³-hybridized carbons (Fsp3) is 0.200. The van der Waals surface area contributed by atoms with Crippen LogP contribution in [0.1, 0.15) is 5.56 Å². The summed E-state index contributed by atoms with van der Waals surface area (Å²) in [6.07, 6.45) is 0. The maximum Gasteiger partial charge on any atom is 0.132 e. The van der Waals surface area contributed by atoms with Gasteiger partial charge in [0.05, 0.1) is 14.1 Å². The predicted molar refractivity (Wildman–Crippen MR) is 70.2 cm³/mol. The Labute approximate surface area is 102 Å². The average Bonchev–Trinajstić information content (AvgIpc) is 2.31. The first-order chi connectivity index (χ1) is 7.68. The molecule has 0 atom stereocenters. The van der Waals surface area contributed by atoms with Crippen molar-refractivity contribution < 1.29 is 4.70 Å². The lowest BCUT2D eigenvalue weighted by atomic mass is 10.2. The Morgan fingerprint density at radius 1 is 0.765 bits per heavy atom. The number of para-hydroxylation sites is 1. The predicted octanol–water partition coefficient (Wildman–Crippen LogP) is 0.458. The molecule has 0 saturated heterocycles. The van der Waals surface area contributed by atoms with Crippen LogP contribution in [0.15, 0.2) is 60.7 Å². The SMILES string of the molecule is C[N+](C)(Cc1ccccc1)c1ccccc1.[F-]. The van der Waals surface area contributed by atoms with Crippen molar-refractivity contribution in [2.24, 2.45) is 0 Å². The van der Waals surface area contributed by atoms with E-state index < -0.39 is 0 Å². The second-order valence-electron chi connectivity index (χ2n) is 4.66. The van der Waals surface area contributed by atoms with Crippen molar-refractivity contribution in [2.45, 2.75) is 6.54 Å². The standard InChI is InChI=1S/C15H18N.FH/c1-16(2,15-11-7-4-8-12-15)13-14-9-5-3-6-10-14;/h3-12H,13H2,1-2H3;1H/q+1;/p-1. The second-order valence-corrected chi connectivity index (χ2v) is 4.66. The molecule has 0 aliphatic rings. The summed E-state index contributed by atoms with van der Waals surface area (Å²) >= 11 is 0. The number of benzene rings is 2. The van der Waals surface area contributed by atoms with Crippen molar-refractivity contribution in [1.82, 2.24) is 4.48 Å². The molecule has 0 saturated carbocycles. The fourth-order valence-corrected chi connectivity index (χ4v) is 1.96. The van der Waals surface area contributed by atoms with Crippen molar-refractivity contribution >= 4 is 5.69 Å². The lowest BCUT2D eigenvalue weighted by Crippen LogP contribution is -3.00. The zero-order valence-electron chi connectivity index (χ0n) is 10.3. The van der Waals surface area contributed by atoms with Gasteiger partial charge in [-0.05, 0) is 12.1 Å². The summed E-state index contributed by atoms with van der Waals surface area (Å²) in [5.41, 5.74) is 2.71. The molecule has 2 heteroatoms. The van der Waals surface area contributed by atoms with Crippen LogP contribution in [-0.2, 0) is 6.54 Å². The van der Waals surface area contributed by atoms with E-state index in [1.54, 1.807) is 0 Å². The molecule has 0 radical (unpaired) electrons. The maximum atomic E-state index is 2.24. The summed E-state index contributed by atoms with van der Waals surface area (Å²) < 4.78 is 0.880. The van der Waals surface area contributed by atoms with Crippen LogP contribution in [0.4, 0.5) is 5.69 Å². The highest BCUT2D eigenvalue weighted by Crippen LogP contribution is 2.21. The summed E-state index contributed by atoms with van der Waals surface area (Å²) in [7, 11) is 4.48. The summed E-state index contributed by atoms with van der Waals surface area (Å²) in [5, 5.41) is 0. The Morgan fingerprint density at radius 2 is 1.24 bits per heavy atom. The molecule has 2 rings (SSSR count). The van der Waals surface area contributed by atoms with E-state index in [0.29, 0.717) is 0 Å². The largest absolute Gasteiger partial charge is 1.00 e. The Hall–Kier alpha value is -1.67. The van der Waals surface area contributed by atoms with E-state index in [0.717, 1.165) is 11.0 Å². The van der Waals surface area contributed by atoms with Crippen molar-refractivity contribution in [3.63, 3.8) is 0 Å². The van der Waals surface area contributed by atoms with Gasteiger partial charge >= 0.3 is 0 Å². The third-order valence-electron chi connectivity index (χ3n) is 2.88. The minimum absolute atomic E-state index is 0. The molecule has 0 aromatic heterocycles. The highest BCUT2D eigenvalue weighted by atomic mass is 19.0. The summed E-state index contributed by atoms with van der Waals surface area (Å²) in [4.78, 5) is 0. The van der Waals surface area contributed by atoms with Crippen molar-refractivity contribution in [1.29, 1.82) is 0 Å². The minimum Gasteiger partial charge on any atom is -1.00 e. The average molecular weight is 231 g/mol. The van der Waals surface area contributed by atoms with Gasteiger partial charge in [0.1, 0.15) is 12.2 Å². The van der Waals surface area contributed by atoms with Crippen molar-refractivity contribution in [3.8, 4) is 0 Å². The van der Waals surface area contributed by atoms with Gasteiger partial charge in [0.15, 0.2) is 0 Å². The maximum absolute atomic E-state index is 2.24. The van der Waals surface area contributed by atoms with Crippen molar-refractivity contribution in [2.75, 3.05) is 14.1 Å². The Bertz CT molecular complexity index is 437. The normalized spacial score (nSPS) is 10.7. The molecule has 0 fully saturated rings.